The quantitative estimate of drug-likeness (QED) is 0.733. The van der Waals surface area contributed by atoms with E-state index >= 15 is 0 Å². The number of nitrogens with zero attached hydrogens (tertiary/aromatic N) is 1. The zero-order chi connectivity index (χ0) is 20.0. The first-order valence-corrected chi connectivity index (χ1v) is 8.68. The zero-order valence-electron chi connectivity index (χ0n) is 16.2. The van der Waals surface area contributed by atoms with Gasteiger partial charge in [0.25, 0.3) is 5.91 Å². The summed E-state index contributed by atoms with van der Waals surface area (Å²) in [7, 11) is 1.50. The Morgan fingerprint density at radius 2 is 2.00 bits per heavy atom. The highest BCUT2D eigenvalue weighted by molar-refractivity contribution is 5.97. The van der Waals surface area contributed by atoms with Crippen LogP contribution in [0.2, 0.25) is 0 Å². The van der Waals surface area contributed by atoms with Gasteiger partial charge in [-0.1, -0.05) is 5.16 Å². The Morgan fingerprint density at radius 1 is 1.26 bits per heavy atom. The lowest BCUT2D eigenvalue weighted by Gasteiger charge is -2.15. The Hall–Kier alpha value is -3.03. The molecule has 0 saturated heterocycles. The average molecular weight is 375 g/mol. The molecule has 2 N–H and O–H groups in total. The first kappa shape index (κ1) is 20.3. The number of aryl methyl sites for hydroxylation is 2. The van der Waals surface area contributed by atoms with Gasteiger partial charge in [-0.3, -0.25) is 9.59 Å². The molecule has 1 atom stereocenters. The minimum atomic E-state index is -0.640. The summed E-state index contributed by atoms with van der Waals surface area (Å²) in [4.78, 5) is 24.1. The van der Waals surface area contributed by atoms with Gasteiger partial charge in [0.2, 0.25) is 5.91 Å². The number of nitrogens with one attached hydrogen (secondary N) is 2. The van der Waals surface area contributed by atoms with E-state index in [0.29, 0.717) is 29.4 Å². The maximum atomic E-state index is 12.4. The lowest BCUT2D eigenvalue weighted by atomic mass is 10.1. The molecule has 27 heavy (non-hydrogen) atoms. The van der Waals surface area contributed by atoms with Gasteiger partial charge in [-0.15, -0.1) is 0 Å². The molecule has 1 heterocycles. The molecule has 0 aliphatic carbocycles. The van der Waals surface area contributed by atoms with Crippen LogP contribution in [0.5, 0.6) is 11.5 Å². The van der Waals surface area contributed by atoms with Crippen molar-refractivity contribution in [3.05, 3.63) is 40.8 Å². The summed E-state index contributed by atoms with van der Waals surface area (Å²) in [6.07, 6.45) is 0. The molecule has 0 bridgehead atoms. The highest BCUT2D eigenvalue weighted by atomic mass is 16.5. The number of hydrogen-bond acceptors (Lipinski definition) is 6. The van der Waals surface area contributed by atoms with E-state index in [1.807, 2.05) is 20.8 Å². The summed E-state index contributed by atoms with van der Waals surface area (Å²) in [6.45, 7) is 7.89. The second-order valence-electron chi connectivity index (χ2n) is 6.05. The topological polar surface area (TPSA) is 103 Å². The van der Waals surface area contributed by atoms with E-state index in [9.17, 15) is 9.59 Å². The second kappa shape index (κ2) is 9.07. The van der Waals surface area contributed by atoms with E-state index in [4.69, 9.17) is 14.0 Å². The fraction of sp³-hybridized carbons (Fsp3) is 0.421. The first-order chi connectivity index (χ1) is 12.9. The minimum absolute atomic E-state index is 0.239. The third-order valence-corrected chi connectivity index (χ3v) is 4.07. The smallest absolute Gasteiger partial charge is 0.252 e. The van der Waals surface area contributed by atoms with Crippen molar-refractivity contribution in [3.8, 4) is 11.5 Å². The summed E-state index contributed by atoms with van der Waals surface area (Å²) in [5.41, 5.74) is 2.00. The Labute approximate surface area is 158 Å². The number of benzene rings is 1. The first-order valence-electron chi connectivity index (χ1n) is 8.68. The number of likely N-dealkylation sites (N-methyl/N-ethyl adjacent to an activating group) is 1. The van der Waals surface area contributed by atoms with Crippen molar-refractivity contribution in [2.24, 2.45) is 0 Å². The van der Waals surface area contributed by atoms with Crippen LogP contribution in [-0.2, 0) is 11.4 Å². The van der Waals surface area contributed by atoms with Gasteiger partial charge >= 0.3 is 0 Å². The normalized spacial score (nSPS) is 11.6. The van der Waals surface area contributed by atoms with E-state index in [2.05, 4.69) is 15.8 Å². The van der Waals surface area contributed by atoms with Crippen molar-refractivity contribution in [3.63, 3.8) is 0 Å². The molecule has 0 spiro atoms. The van der Waals surface area contributed by atoms with Crippen LogP contribution in [0.25, 0.3) is 0 Å². The number of methoxy groups -OCH3 is 1. The molecular formula is C19H25N3O5. The molecule has 8 nitrogen and oxygen atoms in total. The summed E-state index contributed by atoms with van der Waals surface area (Å²) >= 11 is 0. The molecule has 0 aliphatic rings. The lowest BCUT2D eigenvalue weighted by molar-refractivity contribution is -0.122. The van der Waals surface area contributed by atoms with Crippen LogP contribution < -0.4 is 20.1 Å². The fourth-order valence-electron chi connectivity index (χ4n) is 2.46. The van der Waals surface area contributed by atoms with Crippen LogP contribution in [0.4, 0.5) is 0 Å². The molecule has 0 saturated carbocycles. The molecule has 2 aromatic rings. The number of carbonyl (C=O) groups excluding carboxylic acids is 2. The Morgan fingerprint density at radius 3 is 2.59 bits per heavy atom. The lowest BCUT2D eigenvalue weighted by Crippen LogP contribution is -2.44. The van der Waals surface area contributed by atoms with Crippen molar-refractivity contribution in [1.29, 1.82) is 0 Å². The molecule has 0 unspecified atom stereocenters. The maximum Gasteiger partial charge on any atom is 0.252 e. The van der Waals surface area contributed by atoms with Gasteiger partial charge in [0, 0.05) is 12.1 Å². The average Bonchev–Trinajstić information content (AvgIpc) is 2.97. The van der Waals surface area contributed by atoms with Crippen LogP contribution in [0.15, 0.2) is 22.7 Å². The number of hydrogen-bond donors (Lipinski definition) is 2. The predicted octanol–water partition coefficient (Wildman–Crippen LogP) is 2.13. The van der Waals surface area contributed by atoms with Crippen molar-refractivity contribution >= 4 is 11.8 Å². The van der Waals surface area contributed by atoms with Gasteiger partial charge in [0.1, 0.15) is 18.4 Å². The zero-order valence-corrected chi connectivity index (χ0v) is 16.2. The molecule has 0 fully saturated rings. The van der Waals surface area contributed by atoms with Gasteiger partial charge in [-0.25, -0.2) is 0 Å². The maximum absolute atomic E-state index is 12.4. The van der Waals surface area contributed by atoms with Crippen molar-refractivity contribution in [2.45, 2.75) is 40.3 Å². The summed E-state index contributed by atoms with van der Waals surface area (Å²) in [6, 6.07) is 4.20. The standard InChI is InChI=1S/C19H25N3O5/c1-6-20-18(23)12(3)21-19(24)14-7-8-16(17(9-14)25-5)26-10-15-11(2)22-27-13(15)4/h7-9,12H,6,10H2,1-5H3,(H,20,23)(H,21,24)/t12-/m1/s1. The van der Waals surface area contributed by atoms with Crippen LogP contribution in [-0.4, -0.2) is 36.7 Å². The number of ether oxygens (including phenoxy) is 2. The fourth-order valence-corrected chi connectivity index (χ4v) is 2.46. The number of carbonyl (C=O) groups is 2. The third kappa shape index (κ3) is 4.99. The molecule has 1 aromatic heterocycles. The monoisotopic (exact) mass is 375 g/mol. The molecule has 8 heteroatoms. The van der Waals surface area contributed by atoms with Crippen LogP contribution in [0.1, 0.15) is 41.2 Å². The molecule has 2 amide bonds. The molecule has 2 rings (SSSR count). The third-order valence-electron chi connectivity index (χ3n) is 4.07. The van der Waals surface area contributed by atoms with Crippen LogP contribution in [0, 0.1) is 13.8 Å². The second-order valence-corrected chi connectivity index (χ2v) is 6.05. The Kier molecular flexibility index (Phi) is 6.81. The van der Waals surface area contributed by atoms with Crippen molar-refractivity contribution < 1.29 is 23.6 Å². The van der Waals surface area contributed by atoms with Crippen LogP contribution >= 0.6 is 0 Å². The number of rotatable bonds is 8. The van der Waals surface area contributed by atoms with Gasteiger partial charge in [-0.2, -0.15) is 0 Å². The molecule has 0 aliphatic heterocycles. The Balaban J connectivity index is 2.08. The molecule has 0 radical (unpaired) electrons. The van der Waals surface area contributed by atoms with E-state index < -0.39 is 6.04 Å². The minimum Gasteiger partial charge on any atom is -0.493 e. The number of aromatic nitrogens is 1. The van der Waals surface area contributed by atoms with Gasteiger partial charge in [0.05, 0.1) is 18.4 Å². The highest BCUT2D eigenvalue weighted by Gasteiger charge is 2.18. The van der Waals surface area contributed by atoms with E-state index in [-0.39, 0.29) is 18.4 Å². The van der Waals surface area contributed by atoms with Gasteiger partial charge in [-0.05, 0) is 45.9 Å². The van der Waals surface area contributed by atoms with Crippen molar-refractivity contribution in [2.75, 3.05) is 13.7 Å². The van der Waals surface area contributed by atoms with E-state index in [1.165, 1.54) is 7.11 Å². The highest BCUT2D eigenvalue weighted by Crippen LogP contribution is 2.29. The SMILES string of the molecule is CCNC(=O)[C@@H](C)NC(=O)c1ccc(OCc2c(C)noc2C)c(OC)c1. The largest absolute Gasteiger partial charge is 0.493 e. The summed E-state index contributed by atoms with van der Waals surface area (Å²) < 4.78 is 16.3. The number of amides is 2. The van der Waals surface area contributed by atoms with Crippen LogP contribution in [0.3, 0.4) is 0 Å². The molecule has 146 valence electrons. The predicted molar refractivity (Wildman–Crippen MR) is 98.9 cm³/mol. The van der Waals surface area contributed by atoms with Gasteiger partial charge in [0.15, 0.2) is 11.5 Å². The summed E-state index contributed by atoms with van der Waals surface area (Å²) in [5, 5.41) is 9.21. The summed E-state index contributed by atoms with van der Waals surface area (Å²) in [5.74, 6) is 0.995. The molecular weight excluding hydrogens is 350 g/mol. The van der Waals surface area contributed by atoms with Crippen molar-refractivity contribution in [1.82, 2.24) is 15.8 Å². The van der Waals surface area contributed by atoms with E-state index in [1.54, 1.807) is 25.1 Å². The van der Waals surface area contributed by atoms with E-state index in [0.717, 1.165) is 11.3 Å². The Bertz CT molecular complexity index is 796. The van der Waals surface area contributed by atoms with Gasteiger partial charge < -0.3 is 24.6 Å². The molecule has 1 aromatic carbocycles.